The van der Waals surface area contributed by atoms with Gasteiger partial charge >= 0.3 is 6.03 Å². The van der Waals surface area contributed by atoms with Crippen LogP contribution in [0.5, 0.6) is 5.88 Å². The minimum atomic E-state index is -0.0634. The van der Waals surface area contributed by atoms with E-state index in [1.165, 1.54) is 0 Å². The molecule has 1 aliphatic rings. The summed E-state index contributed by atoms with van der Waals surface area (Å²) in [6, 6.07) is 3.71. The van der Waals surface area contributed by atoms with Crippen LogP contribution in [0.2, 0.25) is 0 Å². The minimum absolute atomic E-state index is 0.0634. The topological polar surface area (TPSA) is 63.7 Å². The molecule has 0 bridgehead atoms. The lowest BCUT2D eigenvalue weighted by molar-refractivity contribution is 0.0190. The van der Waals surface area contributed by atoms with Gasteiger partial charge in [0, 0.05) is 25.4 Å². The van der Waals surface area contributed by atoms with Crippen molar-refractivity contribution in [3.63, 3.8) is 0 Å². The first-order chi connectivity index (χ1) is 9.20. The van der Waals surface area contributed by atoms with Crippen molar-refractivity contribution >= 4 is 6.03 Å². The van der Waals surface area contributed by atoms with E-state index in [2.05, 4.69) is 10.3 Å². The standard InChI is InChI=1S/C13H19N3O3/c1-10-9-19-6-5-16(10)13(17)15-8-11-3-4-14-12(7-11)18-2/h3-4,7,10H,5-6,8-9H2,1-2H3,(H,15,17). The maximum Gasteiger partial charge on any atom is 0.318 e. The highest BCUT2D eigenvalue weighted by Gasteiger charge is 2.23. The van der Waals surface area contributed by atoms with E-state index in [0.29, 0.717) is 32.2 Å². The number of ether oxygens (including phenoxy) is 2. The zero-order valence-electron chi connectivity index (χ0n) is 11.3. The first-order valence-electron chi connectivity index (χ1n) is 6.32. The zero-order chi connectivity index (χ0) is 13.7. The third kappa shape index (κ3) is 3.57. The molecule has 19 heavy (non-hydrogen) atoms. The monoisotopic (exact) mass is 265 g/mol. The van der Waals surface area contributed by atoms with Gasteiger partial charge < -0.3 is 19.7 Å². The summed E-state index contributed by atoms with van der Waals surface area (Å²) in [4.78, 5) is 17.9. The van der Waals surface area contributed by atoms with Crippen LogP contribution in [0.15, 0.2) is 18.3 Å². The molecular weight excluding hydrogens is 246 g/mol. The predicted octanol–water partition coefficient (Wildman–Crippen LogP) is 1.02. The Morgan fingerprint density at radius 2 is 2.53 bits per heavy atom. The number of pyridine rings is 1. The average molecular weight is 265 g/mol. The van der Waals surface area contributed by atoms with E-state index in [4.69, 9.17) is 9.47 Å². The summed E-state index contributed by atoms with van der Waals surface area (Å²) in [6.45, 7) is 4.26. The number of nitrogens with one attached hydrogen (secondary N) is 1. The summed E-state index contributed by atoms with van der Waals surface area (Å²) in [7, 11) is 1.57. The Hall–Kier alpha value is -1.82. The van der Waals surface area contributed by atoms with E-state index >= 15 is 0 Å². The number of amides is 2. The molecule has 1 unspecified atom stereocenters. The van der Waals surface area contributed by atoms with Crippen LogP contribution in [0.1, 0.15) is 12.5 Å². The van der Waals surface area contributed by atoms with E-state index in [9.17, 15) is 4.79 Å². The molecule has 2 amide bonds. The molecule has 0 aliphatic carbocycles. The molecule has 0 spiro atoms. The van der Waals surface area contributed by atoms with Crippen molar-refractivity contribution in [2.75, 3.05) is 26.9 Å². The van der Waals surface area contributed by atoms with Gasteiger partial charge in [-0.3, -0.25) is 0 Å². The second kappa shape index (κ2) is 6.38. The number of morpholine rings is 1. The summed E-state index contributed by atoms with van der Waals surface area (Å²) in [5.74, 6) is 0.548. The van der Waals surface area contributed by atoms with Gasteiger partial charge in [-0.2, -0.15) is 0 Å². The van der Waals surface area contributed by atoms with Gasteiger partial charge in [0.25, 0.3) is 0 Å². The van der Waals surface area contributed by atoms with Crippen molar-refractivity contribution in [1.29, 1.82) is 0 Å². The van der Waals surface area contributed by atoms with E-state index in [1.807, 2.05) is 19.1 Å². The molecule has 1 saturated heterocycles. The molecule has 0 saturated carbocycles. The maximum absolute atomic E-state index is 12.0. The Kier molecular flexibility index (Phi) is 4.57. The number of methoxy groups -OCH3 is 1. The van der Waals surface area contributed by atoms with Crippen LogP contribution in [0.25, 0.3) is 0 Å². The number of nitrogens with zero attached hydrogens (tertiary/aromatic N) is 2. The minimum Gasteiger partial charge on any atom is -0.481 e. The quantitative estimate of drug-likeness (QED) is 0.886. The molecule has 6 heteroatoms. The zero-order valence-corrected chi connectivity index (χ0v) is 11.3. The first-order valence-corrected chi connectivity index (χ1v) is 6.32. The smallest absolute Gasteiger partial charge is 0.318 e. The first kappa shape index (κ1) is 13.6. The SMILES string of the molecule is COc1cc(CNC(=O)N2CCOCC2C)ccn1. The summed E-state index contributed by atoms with van der Waals surface area (Å²) in [5.41, 5.74) is 0.959. The van der Waals surface area contributed by atoms with Crippen LogP contribution >= 0.6 is 0 Å². The number of hydrogen-bond donors (Lipinski definition) is 1. The average Bonchev–Trinajstić information content (AvgIpc) is 2.45. The fraction of sp³-hybridized carbons (Fsp3) is 0.538. The van der Waals surface area contributed by atoms with Gasteiger partial charge in [-0.25, -0.2) is 9.78 Å². The summed E-state index contributed by atoms with van der Waals surface area (Å²) in [5, 5.41) is 2.90. The molecule has 0 radical (unpaired) electrons. The van der Waals surface area contributed by atoms with Crippen LogP contribution in [0.4, 0.5) is 4.79 Å². The highest BCUT2D eigenvalue weighted by Crippen LogP contribution is 2.09. The Morgan fingerprint density at radius 3 is 3.26 bits per heavy atom. The summed E-state index contributed by atoms with van der Waals surface area (Å²) >= 11 is 0. The van der Waals surface area contributed by atoms with Crippen molar-refractivity contribution in [2.24, 2.45) is 0 Å². The molecule has 1 atom stereocenters. The number of carbonyl (C=O) groups excluding carboxylic acids is 1. The van der Waals surface area contributed by atoms with E-state index in [1.54, 1.807) is 18.2 Å². The summed E-state index contributed by atoms with van der Waals surface area (Å²) < 4.78 is 10.4. The van der Waals surface area contributed by atoms with Gasteiger partial charge in [0.2, 0.25) is 5.88 Å². The third-order valence-electron chi connectivity index (χ3n) is 3.08. The van der Waals surface area contributed by atoms with Crippen LogP contribution in [0.3, 0.4) is 0 Å². The molecule has 1 aliphatic heterocycles. The molecule has 6 nitrogen and oxygen atoms in total. The van der Waals surface area contributed by atoms with E-state index in [-0.39, 0.29) is 12.1 Å². The van der Waals surface area contributed by atoms with Crippen LogP contribution in [0, 0.1) is 0 Å². The van der Waals surface area contributed by atoms with Gasteiger partial charge in [0.1, 0.15) is 0 Å². The maximum atomic E-state index is 12.0. The molecule has 1 aromatic heterocycles. The summed E-state index contributed by atoms with van der Waals surface area (Å²) in [6.07, 6.45) is 1.66. The number of aromatic nitrogens is 1. The normalized spacial score (nSPS) is 19.1. The molecule has 0 aromatic carbocycles. The van der Waals surface area contributed by atoms with Crippen LogP contribution in [-0.4, -0.2) is 48.8 Å². The van der Waals surface area contributed by atoms with Gasteiger partial charge in [0.05, 0.1) is 26.4 Å². The molecule has 1 N–H and O–H groups in total. The number of hydrogen-bond acceptors (Lipinski definition) is 4. The number of carbonyl (C=O) groups is 1. The molecule has 1 fully saturated rings. The van der Waals surface area contributed by atoms with Crippen molar-refractivity contribution < 1.29 is 14.3 Å². The van der Waals surface area contributed by atoms with E-state index in [0.717, 1.165) is 5.56 Å². The molecular formula is C13H19N3O3. The lowest BCUT2D eigenvalue weighted by Gasteiger charge is -2.33. The van der Waals surface area contributed by atoms with Crippen molar-refractivity contribution in [3.05, 3.63) is 23.9 Å². The predicted molar refractivity (Wildman–Crippen MR) is 70.0 cm³/mol. The van der Waals surface area contributed by atoms with Crippen molar-refractivity contribution in [2.45, 2.75) is 19.5 Å². The fourth-order valence-electron chi connectivity index (χ4n) is 1.98. The highest BCUT2D eigenvalue weighted by atomic mass is 16.5. The lowest BCUT2D eigenvalue weighted by atomic mass is 10.2. The Bertz CT molecular complexity index is 439. The second-order valence-electron chi connectivity index (χ2n) is 4.48. The van der Waals surface area contributed by atoms with Gasteiger partial charge in [-0.05, 0) is 18.6 Å². The Morgan fingerprint density at radius 1 is 1.68 bits per heavy atom. The van der Waals surface area contributed by atoms with Crippen molar-refractivity contribution in [1.82, 2.24) is 15.2 Å². The van der Waals surface area contributed by atoms with Gasteiger partial charge in [-0.15, -0.1) is 0 Å². The van der Waals surface area contributed by atoms with Crippen LogP contribution < -0.4 is 10.1 Å². The molecule has 2 heterocycles. The lowest BCUT2D eigenvalue weighted by Crippen LogP contribution is -2.51. The van der Waals surface area contributed by atoms with Crippen LogP contribution in [-0.2, 0) is 11.3 Å². The highest BCUT2D eigenvalue weighted by molar-refractivity contribution is 5.74. The molecule has 104 valence electrons. The number of rotatable bonds is 3. The second-order valence-corrected chi connectivity index (χ2v) is 4.48. The number of urea groups is 1. The third-order valence-corrected chi connectivity index (χ3v) is 3.08. The molecule has 2 rings (SSSR count). The largest absolute Gasteiger partial charge is 0.481 e. The van der Waals surface area contributed by atoms with Gasteiger partial charge in [-0.1, -0.05) is 0 Å². The van der Waals surface area contributed by atoms with Gasteiger partial charge in [0.15, 0.2) is 0 Å². The Labute approximate surface area is 112 Å². The van der Waals surface area contributed by atoms with Crippen molar-refractivity contribution in [3.8, 4) is 5.88 Å². The Balaban J connectivity index is 1.88. The van der Waals surface area contributed by atoms with E-state index < -0.39 is 0 Å². The molecule has 1 aromatic rings. The fourth-order valence-corrected chi connectivity index (χ4v) is 1.98.